The first kappa shape index (κ1) is 23.3. The summed E-state index contributed by atoms with van der Waals surface area (Å²) in [6, 6.07) is 2.89. The minimum Gasteiger partial charge on any atom is -0.477 e. The van der Waals surface area contributed by atoms with E-state index in [0.717, 1.165) is 21.3 Å². The second kappa shape index (κ2) is 9.57. The average molecular weight is 510 g/mol. The standard InChI is InChI=1S/C19H19N5O6S3/c1-2-23-16(28)14(26)21-19(22-23)33-8-9-7-32-17-12(15(27)24(17)13(9)18(29)30)20-11(25)6-10-4-3-5-31-10/h3-5,12,17H,2,6-8H2,1H3,(H,20,25)(H,29,30)(H,21,22,26)/t12-,17+/m1/s1. The van der Waals surface area contributed by atoms with Gasteiger partial charge in [-0.3, -0.25) is 29.2 Å². The fourth-order valence-electron chi connectivity index (χ4n) is 3.48. The van der Waals surface area contributed by atoms with Gasteiger partial charge in [-0.1, -0.05) is 17.8 Å². The number of aliphatic carboxylic acids is 1. The number of hydrogen-bond acceptors (Lipinski definition) is 9. The van der Waals surface area contributed by atoms with Gasteiger partial charge in [-0.2, -0.15) is 4.98 Å². The maximum atomic E-state index is 12.7. The Morgan fingerprint density at radius 1 is 1.36 bits per heavy atom. The number of carboxylic acids is 1. The van der Waals surface area contributed by atoms with Gasteiger partial charge in [-0.25, -0.2) is 9.48 Å². The smallest absolute Gasteiger partial charge is 0.352 e. The van der Waals surface area contributed by atoms with Crippen molar-refractivity contribution in [3.8, 4) is 0 Å². The van der Waals surface area contributed by atoms with Crippen molar-refractivity contribution >= 4 is 52.6 Å². The van der Waals surface area contributed by atoms with Gasteiger partial charge >= 0.3 is 17.1 Å². The van der Waals surface area contributed by atoms with Crippen LogP contribution in [0.15, 0.2) is 43.5 Å². The number of hydrogen-bond donors (Lipinski definition) is 3. The molecule has 4 rings (SSSR count). The third kappa shape index (κ3) is 4.63. The summed E-state index contributed by atoms with van der Waals surface area (Å²) in [6.07, 6.45) is 0.160. The summed E-state index contributed by atoms with van der Waals surface area (Å²) in [6.45, 7) is 1.95. The maximum absolute atomic E-state index is 12.7. The first-order valence-electron chi connectivity index (χ1n) is 9.85. The van der Waals surface area contributed by atoms with Crippen LogP contribution in [-0.4, -0.2) is 65.5 Å². The van der Waals surface area contributed by atoms with E-state index in [1.807, 2.05) is 17.5 Å². The van der Waals surface area contributed by atoms with Crippen LogP contribution in [0, 0.1) is 0 Å². The minimum atomic E-state index is -1.24. The summed E-state index contributed by atoms with van der Waals surface area (Å²) in [5, 5.41) is 16.8. The molecule has 4 heterocycles. The van der Waals surface area contributed by atoms with Crippen LogP contribution in [0.3, 0.4) is 0 Å². The van der Waals surface area contributed by atoms with E-state index in [1.165, 1.54) is 28.0 Å². The Morgan fingerprint density at radius 3 is 2.82 bits per heavy atom. The van der Waals surface area contributed by atoms with E-state index < -0.39 is 34.4 Å². The number of nitrogens with one attached hydrogen (secondary N) is 2. The summed E-state index contributed by atoms with van der Waals surface area (Å²) in [5.74, 6) is -1.52. The number of fused-ring (bicyclic) bond motifs is 1. The summed E-state index contributed by atoms with van der Waals surface area (Å²) in [5.41, 5.74) is -1.29. The van der Waals surface area contributed by atoms with Gasteiger partial charge in [0.25, 0.3) is 5.91 Å². The zero-order valence-electron chi connectivity index (χ0n) is 17.3. The first-order valence-corrected chi connectivity index (χ1v) is 12.8. The molecular weight excluding hydrogens is 490 g/mol. The van der Waals surface area contributed by atoms with Crippen molar-refractivity contribution in [2.45, 2.75) is 36.5 Å². The van der Waals surface area contributed by atoms with E-state index in [0.29, 0.717) is 11.3 Å². The lowest BCUT2D eigenvalue weighted by atomic mass is 10.0. The Hall–Kier alpha value is -2.84. The van der Waals surface area contributed by atoms with E-state index in [-0.39, 0.29) is 35.5 Å². The molecule has 33 heavy (non-hydrogen) atoms. The van der Waals surface area contributed by atoms with Crippen LogP contribution >= 0.6 is 34.9 Å². The molecule has 0 aliphatic carbocycles. The van der Waals surface area contributed by atoms with Gasteiger partial charge in [0.1, 0.15) is 17.1 Å². The molecule has 2 aliphatic heterocycles. The van der Waals surface area contributed by atoms with E-state index in [4.69, 9.17) is 0 Å². The Balaban J connectivity index is 1.47. The molecule has 2 aromatic heterocycles. The number of carbonyl (C=O) groups is 3. The second-order valence-corrected chi connectivity index (χ2v) is 10.2. The van der Waals surface area contributed by atoms with Crippen LogP contribution in [0.25, 0.3) is 0 Å². The van der Waals surface area contributed by atoms with Crippen molar-refractivity contribution in [1.29, 1.82) is 0 Å². The number of aryl methyl sites for hydroxylation is 1. The predicted molar refractivity (Wildman–Crippen MR) is 123 cm³/mol. The number of aromatic nitrogens is 3. The number of carboxylic acid groups (broad SMARTS) is 1. The molecule has 2 atom stereocenters. The minimum absolute atomic E-state index is 0.119. The molecule has 3 N–H and O–H groups in total. The predicted octanol–water partition coefficient (Wildman–Crippen LogP) is 0.0864. The van der Waals surface area contributed by atoms with Crippen molar-refractivity contribution in [3.05, 3.63) is 54.4 Å². The first-order chi connectivity index (χ1) is 15.8. The van der Waals surface area contributed by atoms with E-state index in [2.05, 4.69) is 15.4 Å². The number of amides is 2. The third-order valence-electron chi connectivity index (χ3n) is 5.04. The van der Waals surface area contributed by atoms with Crippen LogP contribution in [-0.2, 0) is 27.3 Å². The fraction of sp³-hybridized carbons (Fsp3) is 0.368. The molecule has 2 aliphatic rings. The van der Waals surface area contributed by atoms with Gasteiger partial charge < -0.3 is 10.4 Å². The normalized spacial score (nSPS) is 19.8. The quantitative estimate of drug-likeness (QED) is 0.255. The molecule has 0 unspecified atom stereocenters. The summed E-state index contributed by atoms with van der Waals surface area (Å²) in [4.78, 5) is 66.2. The molecular formula is C19H19N5O6S3. The number of thiophene rings is 1. The lowest BCUT2D eigenvalue weighted by Crippen LogP contribution is -2.70. The lowest BCUT2D eigenvalue weighted by molar-refractivity contribution is -0.150. The number of H-pyrrole nitrogens is 1. The molecule has 0 radical (unpaired) electrons. The van der Waals surface area contributed by atoms with Gasteiger partial charge in [-0.15, -0.1) is 23.1 Å². The van der Waals surface area contributed by atoms with Crippen molar-refractivity contribution in [3.63, 3.8) is 0 Å². The summed E-state index contributed by atoms with van der Waals surface area (Å²) >= 11 is 3.88. The zero-order valence-corrected chi connectivity index (χ0v) is 19.7. The Morgan fingerprint density at radius 2 is 2.15 bits per heavy atom. The summed E-state index contributed by atoms with van der Waals surface area (Å²) in [7, 11) is 0. The van der Waals surface area contributed by atoms with Gasteiger partial charge in [0, 0.05) is 22.9 Å². The van der Waals surface area contributed by atoms with Gasteiger partial charge in [0.2, 0.25) is 5.91 Å². The van der Waals surface area contributed by atoms with E-state index in [9.17, 15) is 29.1 Å². The third-order valence-corrected chi connectivity index (χ3v) is 8.21. The number of β-lactam (4-membered cyclic amide) rings is 1. The summed E-state index contributed by atoms with van der Waals surface area (Å²) < 4.78 is 1.12. The molecule has 1 saturated heterocycles. The molecule has 2 aromatic rings. The van der Waals surface area contributed by atoms with Crippen LogP contribution in [0.1, 0.15) is 11.8 Å². The highest BCUT2D eigenvalue weighted by atomic mass is 32.2. The number of thioether (sulfide) groups is 2. The number of carbonyl (C=O) groups excluding carboxylic acids is 2. The molecule has 0 spiro atoms. The molecule has 174 valence electrons. The van der Waals surface area contributed by atoms with Gasteiger partial charge in [-0.05, 0) is 23.9 Å². The highest BCUT2D eigenvalue weighted by molar-refractivity contribution is 8.01. The van der Waals surface area contributed by atoms with Gasteiger partial charge in [0.05, 0.1) is 6.42 Å². The van der Waals surface area contributed by atoms with Gasteiger partial charge in [0.15, 0.2) is 5.16 Å². The SMILES string of the molecule is CCn1[nH]c(SCC2=C(C(=O)O)N3C(=O)[C@@H](NC(=O)Cc4cccs4)[C@@H]3SC2)nc(=O)c1=O. The number of aromatic amines is 1. The molecule has 11 nitrogen and oxygen atoms in total. The van der Waals surface area contributed by atoms with Crippen LogP contribution in [0.2, 0.25) is 0 Å². The van der Waals surface area contributed by atoms with Crippen LogP contribution in [0.5, 0.6) is 0 Å². The Labute approximate surface area is 199 Å². The largest absolute Gasteiger partial charge is 0.477 e. The van der Waals surface area contributed by atoms with Crippen LogP contribution < -0.4 is 16.4 Å². The topological polar surface area (TPSA) is 154 Å². The maximum Gasteiger partial charge on any atom is 0.352 e. The molecule has 2 amide bonds. The molecule has 0 saturated carbocycles. The van der Waals surface area contributed by atoms with Crippen molar-refractivity contribution in [2.75, 3.05) is 11.5 Å². The number of nitrogens with zero attached hydrogens (tertiary/aromatic N) is 3. The second-order valence-electron chi connectivity index (χ2n) is 7.14. The highest BCUT2D eigenvalue weighted by Gasteiger charge is 2.54. The zero-order chi connectivity index (χ0) is 23.7. The monoisotopic (exact) mass is 509 g/mol. The number of rotatable bonds is 8. The Bertz CT molecular complexity index is 1250. The molecule has 0 bridgehead atoms. The Kier molecular flexibility index (Phi) is 6.76. The van der Waals surface area contributed by atoms with Crippen LogP contribution in [0.4, 0.5) is 0 Å². The van der Waals surface area contributed by atoms with Crippen molar-refractivity contribution < 1.29 is 19.5 Å². The lowest BCUT2D eigenvalue weighted by Gasteiger charge is -2.49. The van der Waals surface area contributed by atoms with Crippen molar-refractivity contribution in [1.82, 2.24) is 25.0 Å². The fourth-order valence-corrected chi connectivity index (χ4v) is 6.53. The molecule has 1 fully saturated rings. The molecule has 14 heteroatoms. The highest BCUT2D eigenvalue weighted by Crippen LogP contribution is 2.41. The van der Waals surface area contributed by atoms with Crippen molar-refractivity contribution in [2.24, 2.45) is 0 Å². The average Bonchev–Trinajstić information content (AvgIpc) is 3.30. The molecule has 0 aromatic carbocycles. The van der Waals surface area contributed by atoms with E-state index >= 15 is 0 Å². The van der Waals surface area contributed by atoms with E-state index in [1.54, 1.807) is 6.92 Å².